The lowest BCUT2D eigenvalue weighted by Gasteiger charge is -2.16. The molecule has 3 aromatic carbocycles. The van der Waals surface area contributed by atoms with Crippen molar-refractivity contribution >= 4 is 57.4 Å². The zero-order valence-electron chi connectivity index (χ0n) is 17.1. The van der Waals surface area contributed by atoms with Crippen molar-refractivity contribution in [2.45, 2.75) is 24.8 Å². The molecule has 0 saturated carbocycles. The summed E-state index contributed by atoms with van der Waals surface area (Å²) in [5, 5.41) is 0.189. The van der Waals surface area contributed by atoms with E-state index >= 15 is 0 Å². The van der Waals surface area contributed by atoms with Crippen LogP contribution in [0.4, 0.5) is 8.78 Å². The molecule has 4 rings (SSSR count). The van der Waals surface area contributed by atoms with Crippen LogP contribution in [0.3, 0.4) is 0 Å². The second kappa shape index (κ2) is 10.4. The number of rotatable bonds is 7. The third-order valence-electron chi connectivity index (χ3n) is 5.01. The molecule has 9 heteroatoms. The van der Waals surface area contributed by atoms with Crippen LogP contribution in [0.15, 0.2) is 60.7 Å². The van der Waals surface area contributed by atoms with Crippen LogP contribution in [-0.4, -0.2) is 20.4 Å². The maximum Gasteiger partial charge on any atom is 0.242 e. The number of carbonyl (C=O) groups is 1. The topological polar surface area (TPSA) is 29.5 Å². The molecule has 0 radical (unpaired) electrons. The third kappa shape index (κ3) is 5.84. The highest BCUT2D eigenvalue weighted by Gasteiger charge is 2.37. The average Bonchev–Trinajstić information content (AvgIpc) is 3.02. The highest BCUT2D eigenvalue weighted by atomic mass is 35.5. The van der Waals surface area contributed by atoms with E-state index in [0.717, 1.165) is 11.1 Å². The van der Waals surface area contributed by atoms with Gasteiger partial charge in [0.15, 0.2) is 5.75 Å². The number of thioether (sulfide) groups is 1. The summed E-state index contributed by atoms with van der Waals surface area (Å²) in [7, 11) is 0. The van der Waals surface area contributed by atoms with E-state index < -0.39 is 5.25 Å². The van der Waals surface area contributed by atoms with Crippen molar-refractivity contribution in [3.05, 3.63) is 99.0 Å². The Hall–Kier alpha value is -2.19. The molecule has 0 spiro atoms. The molecule has 3 aromatic rings. The van der Waals surface area contributed by atoms with Crippen molar-refractivity contribution in [2.24, 2.45) is 0 Å². The van der Waals surface area contributed by atoms with Gasteiger partial charge in [-0.05, 0) is 59.5 Å². The molecule has 0 bridgehead atoms. The molecule has 1 fully saturated rings. The predicted molar refractivity (Wildman–Crippen MR) is 132 cm³/mol. The second-order valence-corrected chi connectivity index (χ2v) is 10.1. The maximum atomic E-state index is 13.4. The molecule has 3 nitrogen and oxygen atoms in total. The Labute approximate surface area is 209 Å². The molecule has 170 valence electrons. The minimum absolute atomic E-state index is 0.111. The standard InChI is InChI=1S/C24H17Cl2F2NO2S2/c25-19-9-16(10-20(26)22(19)31-13-15-2-1-3-18(28)8-15)11-21-23(30)29(24(32)33-21)12-14-4-6-17(27)7-5-14/h1-10,21H,11-13H2/t21-/m1/s1. The Morgan fingerprint density at radius 1 is 0.939 bits per heavy atom. The monoisotopic (exact) mass is 523 g/mol. The zero-order valence-corrected chi connectivity index (χ0v) is 20.2. The number of amides is 1. The SMILES string of the molecule is O=C1[C@@H](Cc2cc(Cl)c(OCc3cccc(F)c3)c(Cl)c2)SC(=S)N1Cc1ccc(F)cc1. The molecule has 0 aliphatic carbocycles. The molecule has 1 saturated heterocycles. The summed E-state index contributed by atoms with van der Waals surface area (Å²) in [6.07, 6.45) is 0.382. The van der Waals surface area contributed by atoms with Gasteiger partial charge < -0.3 is 4.74 Å². The van der Waals surface area contributed by atoms with Crippen molar-refractivity contribution in [2.75, 3.05) is 0 Å². The van der Waals surface area contributed by atoms with E-state index in [9.17, 15) is 13.6 Å². The van der Waals surface area contributed by atoms with Gasteiger partial charge in [0.05, 0.1) is 21.8 Å². The fourth-order valence-corrected chi connectivity index (χ4v) is 5.58. The second-order valence-electron chi connectivity index (χ2n) is 7.43. The van der Waals surface area contributed by atoms with Crippen LogP contribution in [0.5, 0.6) is 5.75 Å². The Bertz CT molecular complexity index is 1180. The van der Waals surface area contributed by atoms with Crippen LogP contribution in [0.25, 0.3) is 0 Å². The van der Waals surface area contributed by atoms with E-state index in [0.29, 0.717) is 32.1 Å². The summed E-state index contributed by atoms with van der Waals surface area (Å²) < 4.78 is 32.7. The number of thiocarbonyl (C=S) groups is 1. The van der Waals surface area contributed by atoms with Gasteiger partial charge in [-0.2, -0.15) is 0 Å². The highest BCUT2D eigenvalue weighted by Crippen LogP contribution is 2.37. The highest BCUT2D eigenvalue weighted by molar-refractivity contribution is 8.24. The minimum Gasteiger partial charge on any atom is -0.486 e. The third-order valence-corrected chi connectivity index (χ3v) is 7.16. The van der Waals surface area contributed by atoms with Gasteiger partial charge in [0, 0.05) is 0 Å². The van der Waals surface area contributed by atoms with Crippen molar-refractivity contribution in [3.8, 4) is 5.75 Å². The molecule has 1 atom stereocenters. The lowest BCUT2D eigenvalue weighted by atomic mass is 10.1. The van der Waals surface area contributed by atoms with Crippen LogP contribution in [0.1, 0.15) is 16.7 Å². The zero-order chi connectivity index (χ0) is 23.5. The molecule has 1 aliphatic heterocycles. The number of carbonyl (C=O) groups excluding carboxylic acids is 1. The van der Waals surface area contributed by atoms with Gasteiger partial charge in [0.25, 0.3) is 0 Å². The summed E-state index contributed by atoms with van der Waals surface area (Å²) in [6.45, 7) is 0.399. The number of benzene rings is 3. The van der Waals surface area contributed by atoms with Crippen LogP contribution in [-0.2, 0) is 24.4 Å². The van der Waals surface area contributed by atoms with Gasteiger partial charge in [0.1, 0.15) is 22.6 Å². The molecule has 1 aliphatic rings. The predicted octanol–water partition coefficient (Wildman–Crippen LogP) is 6.82. The summed E-state index contributed by atoms with van der Waals surface area (Å²) in [4.78, 5) is 14.5. The molecular formula is C24H17Cl2F2NO2S2. The van der Waals surface area contributed by atoms with E-state index in [2.05, 4.69) is 0 Å². The molecule has 0 unspecified atom stereocenters. The van der Waals surface area contributed by atoms with Crippen molar-refractivity contribution in [1.29, 1.82) is 0 Å². The van der Waals surface area contributed by atoms with Gasteiger partial charge in [-0.15, -0.1) is 0 Å². The smallest absolute Gasteiger partial charge is 0.242 e. The number of hydrogen-bond donors (Lipinski definition) is 0. The van der Waals surface area contributed by atoms with Gasteiger partial charge in [-0.25, -0.2) is 8.78 Å². The van der Waals surface area contributed by atoms with Gasteiger partial charge in [-0.1, -0.05) is 71.4 Å². The van der Waals surface area contributed by atoms with E-state index in [1.54, 1.807) is 36.4 Å². The van der Waals surface area contributed by atoms with Crippen LogP contribution in [0, 0.1) is 11.6 Å². The Morgan fingerprint density at radius 2 is 1.64 bits per heavy atom. The van der Waals surface area contributed by atoms with E-state index in [1.807, 2.05) is 0 Å². The lowest BCUT2D eigenvalue weighted by Crippen LogP contribution is -2.31. The van der Waals surface area contributed by atoms with Gasteiger partial charge in [0.2, 0.25) is 5.91 Å². The number of ether oxygens (including phenoxy) is 1. The Balaban J connectivity index is 1.42. The van der Waals surface area contributed by atoms with Crippen molar-refractivity contribution in [3.63, 3.8) is 0 Å². The molecule has 33 heavy (non-hydrogen) atoms. The molecular weight excluding hydrogens is 507 g/mol. The first kappa shape index (κ1) is 24.0. The van der Waals surface area contributed by atoms with Crippen molar-refractivity contribution in [1.82, 2.24) is 4.90 Å². The first-order chi connectivity index (χ1) is 15.8. The van der Waals surface area contributed by atoms with Gasteiger partial charge in [-0.3, -0.25) is 9.69 Å². The molecule has 1 heterocycles. The first-order valence-corrected chi connectivity index (χ1v) is 12.0. The Morgan fingerprint density at radius 3 is 2.30 bits per heavy atom. The average molecular weight is 524 g/mol. The number of halogens is 4. The lowest BCUT2D eigenvalue weighted by molar-refractivity contribution is -0.126. The van der Waals surface area contributed by atoms with Gasteiger partial charge >= 0.3 is 0 Å². The summed E-state index contributed by atoms with van der Waals surface area (Å²) >= 11 is 19.5. The summed E-state index contributed by atoms with van der Waals surface area (Å²) in [5.74, 6) is -0.509. The molecule has 0 N–H and O–H groups in total. The first-order valence-electron chi connectivity index (χ1n) is 9.92. The number of nitrogens with zero attached hydrogens (tertiary/aromatic N) is 1. The summed E-state index contributed by atoms with van der Waals surface area (Å²) in [6, 6.07) is 15.4. The van der Waals surface area contributed by atoms with Crippen LogP contribution >= 0.6 is 47.2 Å². The van der Waals surface area contributed by atoms with Crippen LogP contribution in [0.2, 0.25) is 10.0 Å². The van der Waals surface area contributed by atoms with Crippen LogP contribution < -0.4 is 4.74 Å². The minimum atomic E-state index is -0.413. The van der Waals surface area contributed by atoms with E-state index in [4.69, 9.17) is 40.2 Å². The fraction of sp³-hybridized carbons (Fsp3) is 0.167. The quantitative estimate of drug-likeness (QED) is 0.317. The fourth-order valence-electron chi connectivity index (χ4n) is 3.41. The molecule has 1 amide bonds. The van der Waals surface area contributed by atoms with Crippen molar-refractivity contribution < 1.29 is 18.3 Å². The van der Waals surface area contributed by atoms with E-state index in [-0.39, 0.29) is 30.7 Å². The Kier molecular flexibility index (Phi) is 7.54. The maximum absolute atomic E-state index is 13.4. The number of hydrogen-bond acceptors (Lipinski definition) is 4. The normalized spacial score (nSPS) is 15.9. The summed E-state index contributed by atoms with van der Waals surface area (Å²) in [5.41, 5.74) is 2.20. The molecule has 0 aromatic heterocycles. The largest absolute Gasteiger partial charge is 0.486 e. The van der Waals surface area contributed by atoms with E-state index in [1.165, 1.54) is 40.9 Å².